The van der Waals surface area contributed by atoms with Crippen LogP contribution in [0.1, 0.15) is 5.56 Å². The van der Waals surface area contributed by atoms with Gasteiger partial charge in [-0.3, -0.25) is 0 Å². The van der Waals surface area contributed by atoms with Crippen molar-refractivity contribution in [3.63, 3.8) is 0 Å². The van der Waals surface area contributed by atoms with Gasteiger partial charge in [0.15, 0.2) is 11.5 Å². The highest BCUT2D eigenvalue weighted by Gasteiger charge is 2.15. The van der Waals surface area contributed by atoms with Crippen molar-refractivity contribution >= 4 is 17.3 Å². The number of anilines is 1. The van der Waals surface area contributed by atoms with Gasteiger partial charge in [-0.25, -0.2) is 4.39 Å². The van der Waals surface area contributed by atoms with Crippen LogP contribution in [0, 0.1) is 5.82 Å². The first kappa shape index (κ1) is 13.1. The van der Waals surface area contributed by atoms with Crippen molar-refractivity contribution in [1.29, 1.82) is 0 Å². The van der Waals surface area contributed by atoms with Crippen LogP contribution in [-0.2, 0) is 6.54 Å². The SMILES string of the molecule is Fc1ccc(Cl)cc1NCc1cccc2c1OCCO2. The molecule has 0 aliphatic carbocycles. The topological polar surface area (TPSA) is 30.5 Å². The van der Waals surface area contributed by atoms with E-state index in [9.17, 15) is 4.39 Å². The smallest absolute Gasteiger partial charge is 0.166 e. The van der Waals surface area contributed by atoms with Crippen LogP contribution in [0.5, 0.6) is 11.5 Å². The first-order valence-corrected chi connectivity index (χ1v) is 6.68. The molecule has 5 heteroatoms. The Labute approximate surface area is 121 Å². The maximum Gasteiger partial charge on any atom is 0.166 e. The minimum Gasteiger partial charge on any atom is -0.486 e. The minimum atomic E-state index is -0.337. The molecule has 0 aromatic heterocycles. The standard InChI is InChI=1S/C15H13ClFNO2/c16-11-4-5-12(17)13(8-11)18-9-10-2-1-3-14-15(10)20-7-6-19-14/h1-5,8,18H,6-7,9H2. The van der Waals surface area contributed by atoms with Gasteiger partial charge in [0.25, 0.3) is 0 Å². The fourth-order valence-electron chi connectivity index (χ4n) is 2.10. The van der Waals surface area contributed by atoms with Crippen molar-refractivity contribution in [2.45, 2.75) is 6.54 Å². The second-order valence-corrected chi connectivity index (χ2v) is 4.86. The minimum absolute atomic E-state index is 0.337. The third-order valence-electron chi connectivity index (χ3n) is 3.05. The van der Waals surface area contributed by atoms with Gasteiger partial charge in [-0.15, -0.1) is 0 Å². The van der Waals surface area contributed by atoms with Gasteiger partial charge in [0.05, 0.1) is 5.69 Å². The summed E-state index contributed by atoms with van der Waals surface area (Å²) in [6.45, 7) is 1.51. The third kappa shape index (κ3) is 2.65. The average Bonchev–Trinajstić information content (AvgIpc) is 2.48. The van der Waals surface area contributed by atoms with Gasteiger partial charge < -0.3 is 14.8 Å². The largest absolute Gasteiger partial charge is 0.486 e. The van der Waals surface area contributed by atoms with E-state index < -0.39 is 0 Å². The second kappa shape index (κ2) is 5.59. The molecule has 104 valence electrons. The Morgan fingerprint density at radius 2 is 2.00 bits per heavy atom. The fourth-order valence-corrected chi connectivity index (χ4v) is 2.27. The molecule has 1 N–H and O–H groups in total. The summed E-state index contributed by atoms with van der Waals surface area (Å²) in [6, 6.07) is 10.1. The van der Waals surface area contributed by atoms with Crippen LogP contribution in [0.3, 0.4) is 0 Å². The highest BCUT2D eigenvalue weighted by Crippen LogP contribution is 2.34. The van der Waals surface area contributed by atoms with Gasteiger partial charge in [0.2, 0.25) is 0 Å². The van der Waals surface area contributed by atoms with Crippen LogP contribution >= 0.6 is 11.6 Å². The Kier molecular flexibility index (Phi) is 3.65. The van der Waals surface area contributed by atoms with Crippen LogP contribution in [0.15, 0.2) is 36.4 Å². The molecule has 0 radical (unpaired) electrons. The number of halogens is 2. The van der Waals surface area contributed by atoms with Gasteiger partial charge in [-0.2, -0.15) is 0 Å². The molecule has 2 aromatic rings. The van der Waals surface area contributed by atoms with Crippen molar-refractivity contribution in [2.24, 2.45) is 0 Å². The van der Waals surface area contributed by atoms with Gasteiger partial charge >= 0.3 is 0 Å². The lowest BCUT2D eigenvalue weighted by atomic mass is 10.1. The van der Waals surface area contributed by atoms with E-state index in [-0.39, 0.29) is 5.82 Å². The van der Waals surface area contributed by atoms with Gasteiger partial charge in [-0.05, 0) is 24.3 Å². The zero-order chi connectivity index (χ0) is 13.9. The van der Waals surface area contributed by atoms with E-state index in [0.717, 1.165) is 11.3 Å². The molecule has 1 heterocycles. The molecule has 0 spiro atoms. The lowest BCUT2D eigenvalue weighted by Gasteiger charge is -2.21. The molecule has 20 heavy (non-hydrogen) atoms. The van der Waals surface area contributed by atoms with Crippen molar-refractivity contribution in [3.05, 3.63) is 52.8 Å². The van der Waals surface area contributed by atoms with E-state index in [4.69, 9.17) is 21.1 Å². The molecule has 0 fully saturated rings. The summed E-state index contributed by atoms with van der Waals surface area (Å²) in [6.07, 6.45) is 0. The summed E-state index contributed by atoms with van der Waals surface area (Å²) in [5.41, 5.74) is 1.29. The van der Waals surface area contributed by atoms with E-state index in [2.05, 4.69) is 5.32 Å². The summed E-state index contributed by atoms with van der Waals surface area (Å²) in [4.78, 5) is 0. The monoisotopic (exact) mass is 293 g/mol. The number of hydrogen-bond donors (Lipinski definition) is 1. The summed E-state index contributed by atoms with van der Waals surface area (Å²) < 4.78 is 24.8. The summed E-state index contributed by atoms with van der Waals surface area (Å²) in [5, 5.41) is 3.51. The zero-order valence-corrected chi connectivity index (χ0v) is 11.4. The van der Waals surface area contributed by atoms with Crippen LogP contribution in [0.25, 0.3) is 0 Å². The molecule has 0 atom stereocenters. The first-order chi connectivity index (χ1) is 9.74. The van der Waals surface area contributed by atoms with Crippen LogP contribution in [0.2, 0.25) is 5.02 Å². The molecule has 0 saturated heterocycles. The summed E-state index contributed by atoms with van der Waals surface area (Å²) in [7, 11) is 0. The number of ether oxygens (including phenoxy) is 2. The molecule has 0 bridgehead atoms. The Morgan fingerprint density at radius 1 is 1.15 bits per heavy atom. The van der Waals surface area contributed by atoms with E-state index in [0.29, 0.717) is 36.2 Å². The Morgan fingerprint density at radius 3 is 2.90 bits per heavy atom. The third-order valence-corrected chi connectivity index (χ3v) is 3.28. The summed E-state index contributed by atoms with van der Waals surface area (Å²) in [5.74, 6) is 1.10. The lowest BCUT2D eigenvalue weighted by Crippen LogP contribution is -2.17. The molecular weight excluding hydrogens is 281 g/mol. The van der Waals surface area contributed by atoms with Crippen LogP contribution in [0.4, 0.5) is 10.1 Å². The molecular formula is C15H13ClFNO2. The second-order valence-electron chi connectivity index (χ2n) is 4.42. The zero-order valence-electron chi connectivity index (χ0n) is 10.7. The maximum absolute atomic E-state index is 13.6. The molecule has 2 aromatic carbocycles. The summed E-state index contributed by atoms with van der Waals surface area (Å²) >= 11 is 5.86. The highest BCUT2D eigenvalue weighted by molar-refractivity contribution is 6.30. The average molecular weight is 294 g/mol. The van der Waals surface area contributed by atoms with Gasteiger partial charge in [0.1, 0.15) is 19.0 Å². The number of fused-ring (bicyclic) bond motifs is 1. The fraction of sp³-hybridized carbons (Fsp3) is 0.200. The first-order valence-electron chi connectivity index (χ1n) is 6.30. The predicted octanol–water partition coefficient (Wildman–Crippen LogP) is 3.86. The van der Waals surface area contributed by atoms with E-state index >= 15 is 0 Å². The van der Waals surface area contributed by atoms with Crippen molar-refractivity contribution in [3.8, 4) is 11.5 Å². The van der Waals surface area contributed by atoms with Crippen LogP contribution in [-0.4, -0.2) is 13.2 Å². The van der Waals surface area contributed by atoms with E-state index in [1.165, 1.54) is 12.1 Å². The molecule has 0 unspecified atom stereocenters. The number of hydrogen-bond acceptors (Lipinski definition) is 3. The number of para-hydroxylation sites is 1. The molecule has 0 saturated carbocycles. The predicted molar refractivity (Wildman–Crippen MR) is 76.2 cm³/mol. The molecule has 0 amide bonds. The Hall–Kier alpha value is -1.94. The van der Waals surface area contributed by atoms with E-state index in [1.54, 1.807) is 6.07 Å². The normalized spacial score (nSPS) is 13.1. The molecule has 1 aliphatic heterocycles. The highest BCUT2D eigenvalue weighted by atomic mass is 35.5. The molecule has 3 rings (SSSR count). The van der Waals surface area contributed by atoms with Crippen LogP contribution < -0.4 is 14.8 Å². The quantitative estimate of drug-likeness (QED) is 0.932. The van der Waals surface area contributed by atoms with Crippen molar-refractivity contribution < 1.29 is 13.9 Å². The number of benzene rings is 2. The number of nitrogens with one attached hydrogen (secondary N) is 1. The van der Waals surface area contributed by atoms with Gasteiger partial charge in [-0.1, -0.05) is 23.7 Å². The van der Waals surface area contributed by atoms with E-state index in [1.807, 2.05) is 18.2 Å². The Bertz CT molecular complexity index is 633. The van der Waals surface area contributed by atoms with Gasteiger partial charge in [0, 0.05) is 17.1 Å². The molecule has 3 nitrogen and oxygen atoms in total. The Balaban J connectivity index is 1.80. The lowest BCUT2D eigenvalue weighted by molar-refractivity contribution is 0.170. The maximum atomic E-state index is 13.6. The molecule has 1 aliphatic rings. The van der Waals surface area contributed by atoms with Crippen molar-refractivity contribution in [1.82, 2.24) is 0 Å². The number of rotatable bonds is 3. The van der Waals surface area contributed by atoms with Crippen molar-refractivity contribution in [2.75, 3.05) is 18.5 Å².